The third kappa shape index (κ3) is 5.48. The van der Waals surface area contributed by atoms with Crippen molar-refractivity contribution in [1.29, 1.82) is 0 Å². The number of ether oxygens (including phenoxy) is 2. The van der Waals surface area contributed by atoms with Gasteiger partial charge >= 0.3 is 12.3 Å². The number of hydrogen-bond acceptors (Lipinski definition) is 5. The van der Waals surface area contributed by atoms with Crippen molar-refractivity contribution < 1.29 is 32.2 Å². The number of thiophene rings is 1. The Balaban J connectivity index is 1.94. The molecule has 0 aliphatic carbocycles. The summed E-state index contributed by atoms with van der Waals surface area (Å²) in [6, 6.07) is 6.32. The molecular weight excluding hydrogens is 371 g/mol. The van der Waals surface area contributed by atoms with E-state index in [-0.39, 0.29) is 5.69 Å². The maximum atomic E-state index is 12.1. The quantitative estimate of drug-likeness (QED) is 0.770. The molecule has 1 amide bonds. The van der Waals surface area contributed by atoms with Crippen LogP contribution < -0.4 is 10.1 Å². The number of esters is 1. The fraction of sp³-hybridized carbons (Fsp3) is 0.294. The number of carbonyl (C=O) groups excluding carboxylic acids is 2. The highest BCUT2D eigenvalue weighted by atomic mass is 32.1. The summed E-state index contributed by atoms with van der Waals surface area (Å²) >= 11 is 1.45. The topological polar surface area (TPSA) is 64.6 Å². The minimum absolute atomic E-state index is 0.245. The molecule has 0 unspecified atom stereocenters. The molecule has 1 atom stereocenters. The molecule has 140 valence electrons. The maximum Gasteiger partial charge on any atom is 0.573 e. The molecule has 0 fully saturated rings. The second-order valence-electron chi connectivity index (χ2n) is 5.44. The zero-order valence-corrected chi connectivity index (χ0v) is 15.0. The van der Waals surface area contributed by atoms with Crippen LogP contribution in [0.3, 0.4) is 0 Å². The van der Waals surface area contributed by atoms with Gasteiger partial charge < -0.3 is 14.8 Å². The molecule has 0 spiro atoms. The fourth-order valence-corrected chi connectivity index (χ4v) is 3.01. The Kier molecular flexibility index (Phi) is 5.91. The number of nitrogens with one attached hydrogen (secondary N) is 1. The van der Waals surface area contributed by atoms with Gasteiger partial charge in [-0.15, -0.1) is 24.5 Å². The van der Waals surface area contributed by atoms with E-state index in [0.717, 1.165) is 21.9 Å². The Morgan fingerprint density at radius 3 is 2.27 bits per heavy atom. The summed E-state index contributed by atoms with van der Waals surface area (Å²) in [5.74, 6) is -1.62. The zero-order chi connectivity index (χ0) is 19.5. The molecule has 2 rings (SSSR count). The van der Waals surface area contributed by atoms with Crippen molar-refractivity contribution in [3.8, 4) is 5.75 Å². The minimum atomic E-state index is -4.79. The van der Waals surface area contributed by atoms with Crippen molar-refractivity contribution in [2.75, 3.05) is 5.32 Å². The van der Waals surface area contributed by atoms with Crippen molar-refractivity contribution in [3.05, 3.63) is 45.6 Å². The van der Waals surface area contributed by atoms with Crippen LogP contribution in [-0.4, -0.2) is 24.3 Å². The molecule has 0 saturated carbocycles. The normalized spacial score (nSPS) is 12.4. The van der Waals surface area contributed by atoms with Gasteiger partial charge in [-0.25, -0.2) is 4.79 Å². The molecule has 0 aliphatic rings. The van der Waals surface area contributed by atoms with Crippen LogP contribution in [0.4, 0.5) is 18.9 Å². The monoisotopic (exact) mass is 387 g/mol. The van der Waals surface area contributed by atoms with Gasteiger partial charge in [0.15, 0.2) is 6.10 Å². The summed E-state index contributed by atoms with van der Waals surface area (Å²) in [4.78, 5) is 25.9. The number of hydrogen-bond donors (Lipinski definition) is 1. The van der Waals surface area contributed by atoms with Gasteiger partial charge in [0.1, 0.15) is 5.75 Å². The van der Waals surface area contributed by atoms with Crippen LogP contribution in [0.25, 0.3) is 0 Å². The molecule has 1 aromatic carbocycles. The Labute approximate surface area is 151 Å². The average molecular weight is 387 g/mol. The molecule has 2 aromatic rings. The summed E-state index contributed by atoms with van der Waals surface area (Å²) in [5.41, 5.74) is 0.649. The first-order valence-corrected chi connectivity index (χ1v) is 8.31. The molecule has 1 aromatic heterocycles. The van der Waals surface area contributed by atoms with Crippen LogP contribution in [0, 0.1) is 13.8 Å². The molecule has 0 bridgehead atoms. The van der Waals surface area contributed by atoms with Crippen molar-refractivity contribution in [1.82, 2.24) is 0 Å². The molecular formula is C17H16F3NO4S. The Hall–Kier alpha value is -2.55. The van der Waals surface area contributed by atoms with Crippen LogP contribution in [0.1, 0.15) is 27.0 Å². The summed E-state index contributed by atoms with van der Waals surface area (Å²) in [6.07, 6.45) is -5.86. The van der Waals surface area contributed by atoms with E-state index in [2.05, 4.69) is 10.1 Å². The predicted molar refractivity (Wildman–Crippen MR) is 90.4 cm³/mol. The lowest BCUT2D eigenvalue weighted by Gasteiger charge is -2.14. The fourth-order valence-electron chi connectivity index (χ4n) is 2.09. The van der Waals surface area contributed by atoms with Gasteiger partial charge in [-0.05, 0) is 51.1 Å². The van der Waals surface area contributed by atoms with Crippen molar-refractivity contribution in [2.45, 2.75) is 33.2 Å². The summed E-state index contributed by atoms with van der Waals surface area (Å²) in [5, 5.41) is 2.46. The van der Waals surface area contributed by atoms with E-state index >= 15 is 0 Å². The van der Waals surface area contributed by atoms with Crippen LogP contribution in [-0.2, 0) is 9.53 Å². The van der Waals surface area contributed by atoms with Gasteiger partial charge in [-0.2, -0.15) is 0 Å². The number of halogens is 3. The number of rotatable bonds is 5. The molecule has 1 N–H and O–H groups in total. The van der Waals surface area contributed by atoms with E-state index in [1.807, 2.05) is 6.92 Å². The number of alkyl halides is 3. The molecule has 5 nitrogen and oxygen atoms in total. The van der Waals surface area contributed by atoms with Gasteiger partial charge in [0, 0.05) is 15.4 Å². The second kappa shape index (κ2) is 7.77. The first-order valence-electron chi connectivity index (χ1n) is 7.50. The van der Waals surface area contributed by atoms with Crippen LogP contribution >= 0.6 is 11.3 Å². The number of aryl methyl sites for hydroxylation is 2. The summed E-state index contributed by atoms with van der Waals surface area (Å²) in [6.45, 7) is 5.04. The lowest BCUT2D eigenvalue weighted by molar-refractivity contribution is -0.274. The third-order valence-electron chi connectivity index (χ3n) is 3.27. The van der Waals surface area contributed by atoms with E-state index in [1.54, 1.807) is 13.0 Å². The van der Waals surface area contributed by atoms with Crippen molar-refractivity contribution >= 4 is 28.9 Å². The molecule has 1 heterocycles. The van der Waals surface area contributed by atoms with Crippen LogP contribution in [0.2, 0.25) is 0 Å². The molecule has 26 heavy (non-hydrogen) atoms. The first kappa shape index (κ1) is 19.8. The Morgan fingerprint density at radius 2 is 1.77 bits per heavy atom. The Bertz CT molecular complexity index is 799. The third-order valence-corrected chi connectivity index (χ3v) is 4.24. The summed E-state index contributed by atoms with van der Waals surface area (Å²) < 4.78 is 45.2. The highest BCUT2D eigenvalue weighted by Crippen LogP contribution is 2.24. The van der Waals surface area contributed by atoms with E-state index in [0.29, 0.717) is 5.56 Å². The highest BCUT2D eigenvalue weighted by molar-refractivity contribution is 7.12. The highest BCUT2D eigenvalue weighted by Gasteiger charge is 2.31. The molecule has 0 aliphatic heterocycles. The lowest BCUT2D eigenvalue weighted by atomic mass is 10.2. The minimum Gasteiger partial charge on any atom is -0.449 e. The maximum absolute atomic E-state index is 12.1. The number of anilines is 1. The molecule has 9 heteroatoms. The zero-order valence-electron chi connectivity index (χ0n) is 14.1. The molecule has 0 radical (unpaired) electrons. The van der Waals surface area contributed by atoms with Gasteiger partial charge in [-0.3, -0.25) is 4.79 Å². The number of amides is 1. The van der Waals surface area contributed by atoms with E-state index < -0.39 is 30.1 Å². The van der Waals surface area contributed by atoms with Crippen molar-refractivity contribution in [2.24, 2.45) is 0 Å². The smallest absolute Gasteiger partial charge is 0.449 e. The standard InChI is InChI=1S/C17H16F3NO4S/c1-9-8-14(11(3)26-9)16(23)24-10(2)15(22)21-12-4-6-13(7-5-12)25-17(18,19)20/h4-8,10H,1-3H3,(H,21,22)/t10-/m0/s1. The van der Waals surface area contributed by atoms with Gasteiger partial charge in [0.2, 0.25) is 0 Å². The predicted octanol–water partition coefficient (Wildman–Crippen LogP) is 4.45. The average Bonchev–Trinajstić information content (AvgIpc) is 2.86. The number of benzene rings is 1. The first-order chi connectivity index (χ1) is 12.0. The van der Waals surface area contributed by atoms with Crippen molar-refractivity contribution in [3.63, 3.8) is 0 Å². The van der Waals surface area contributed by atoms with Crippen LogP contribution in [0.15, 0.2) is 30.3 Å². The summed E-state index contributed by atoms with van der Waals surface area (Å²) in [7, 11) is 0. The van der Waals surface area contributed by atoms with Gasteiger partial charge in [-0.1, -0.05) is 0 Å². The van der Waals surface area contributed by atoms with E-state index in [1.165, 1.54) is 30.4 Å². The van der Waals surface area contributed by atoms with Gasteiger partial charge in [0.05, 0.1) is 5.56 Å². The van der Waals surface area contributed by atoms with Crippen LogP contribution in [0.5, 0.6) is 5.75 Å². The Morgan fingerprint density at radius 1 is 1.15 bits per heavy atom. The van der Waals surface area contributed by atoms with Gasteiger partial charge in [0.25, 0.3) is 5.91 Å². The SMILES string of the molecule is Cc1cc(C(=O)O[C@@H](C)C(=O)Nc2ccc(OC(F)(F)F)cc2)c(C)s1. The lowest BCUT2D eigenvalue weighted by Crippen LogP contribution is -2.30. The molecule has 0 saturated heterocycles. The largest absolute Gasteiger partial charge is 0.573 e. The number of carbonyl (C=O) groups is 2. The second-order valence-corrected chi connectivity index (χ2v) is 6.90. The van der Waals surface area contributed by atoms with E-state index in [9.17, 15) is 22.8 Å². The van der Waals surface area contributed by atoms with E-state index in [4.69, 9.17) is 4.74 Å².